The molecule has 1 atom stereocenters. The minimum Gasteiger partial charge on any atom is -0.486 e. The number of fused-ring (bicyclic) bond motifs is 3. The second-order valence-corrected chi connectivity index (χ2v) is 9.41. The molecule has 2 N–H and O–H groups in total. The molecule has 11 heteroatoms. The molecule has 2 aliphatic rings. The minimum absolute atomic E-state index is 0.149. The third-order valence-corrected chi connectivity index (χ3v) is 6.98. The normalized spacial score (nSPS) is 18.6. The van der Waals surface area contributed by atoms with Gasteiger partial charge in [0, 0.05) is 17.7 Å². The highest BCUT2D eigenvalue weighted by atomic mass is 32.2. The summed E-state index contributed by atoms with van der Waals surface area (Å²) < 4.78 is 38.8. The monoisotopic (exact) mass is 444 g/mol. The summed E-state index contributed by atoms with van der Waals surface area (Å²) in [6, 6.07) is 9.29. The van der Waals surface area contributed by atoms with Gasteiger partial charge in [0.1, 0.15) is 25.1 Å². The number of amides is 1. The zero-order valence-corrected chi connectivity index (χ0v) is 17.3. The Morgan fingerprint density at radius 3 is 2.77 bits per heavy atom. The predicted molar refractivity (Wildman–Crippen MR) is 112 cm³/mol. The fraction of sp³-hybridized carbons (Fsp3) is 0.211. The van der Waals surface area contributed by atoms with Crippen LogP contribution in [0.4, 0.5) is 5.13 Å². The predicted octanol–water partition coefficient (Wildman–Crippen LogP) is 2.13. The van der Waals surface area contributed by atoms with Crippen molar-refractivity contribution in [3.05, 3.63) is 42.0 Å². The van der Waals surface area contributed by atoms with Gasteiger partial charge >= 0.3 is 0 Å². The Bertz CT molecular complexity index is 1270. The van der Waals surface area contributed by atoms with Gasteiger partial charge in [0.05, 0.1) is 15.1 Å². The van der Waals surface area contributed by atoms with Crippen LogP contribution in [0.1, 0.15) is 12.5 Å². The van der Waals surface area contributed by atoms with E-state index in [1.165, 1.54) is 17.4 Å². The Hall–Kier alpha value is -3.18. The van der Waals surface area contributed by atoms with Crippen molar-refractivity contribution in [3.63, 3.8) is 0 Å². The zero-order valence-electron chi connectivity index (χ0n) is 15.7. The third-order valence-electron chi connectivity index (χ3n) is 4.65. The molecule has 5 rings (SSSR count). The molecule has 2 aromatic carbocycles. The number of hydrogen-bond acceptors (Lipinski definition) is 8. The summed E-state index contributed by atoms with van der Waals surface area (Å²) in [6.07, 6.45) is 0. The van der Waals surface area contributed by atoms with Crippen molar-refractivity contribution in [1.29, 1.82) is 0 Å². The van der Waals surface area contributed by atoms with E-state index < -0.39 is 22.0 Å². The molecule has 1 amide bonds. The Balaban J connectivity index is 1.37. The fourth-order valence-electron chi connectivity index (χ4n) is 3.21. The van der Waals surface area contributed by atoms with Gasteiger partial charge in [-0.05, 0) is 19.1 Å². The molecular weight excluding hydrogens is 428 g/mol. The van der Waals surface area contributed by atoms with Crippen LogP contribution in [-0.2, 0) is 14.8 Å². The molecule has 0 radical (unpaired) electrons. The molecule has 9 nitrogen and oxygen atoms in total. The fourth-order valence-corrected chi connectivity index (χ4v) is 5.33. The maximum Gasteiger partial charge on any atom is 0.263 e. The number of thiazole rings is 1. The van der Waals surface area contributed by atoms with Gasteiger partial charge < -0.3 is 14.8 Å². The first kappa shape index (κ1) is 18.8. The van der Waals surface area contributed by atoms with E-state index in [-0.39, 0.29) is 10.7 Å². The lowest BCUT2D eigenvalue weighted by Gasteiger charge is -2.17. The highest BCUT2D eigenvalue weighted by molar-refractivity contribution is 7.90. The van der Waals surface area contributed by atoms with Crippen molar-refractivity contribution < 1.29 is 22.7 Å². The van der Waals surface area contributed by atoms with Crippen LogP contribution in [0.15, 0.2) is 46.3 Å². The first-order valence-electron chi connectivity index (χ1n) is 9.12. The molecule has 1 aromatic heterocycles. The summed E-state index contributed by atoms with van der Waals surface area (Å²) in [5.74, 6) is 1.04. The Kier molecular flexibility index (Phi) is 4.36. The number of anilines is 1. The number of nitrogens with one attached hydrogen (secondary N) is 2. The topological polar surface area (TPSA) is 119 Å². The number of sulfonamides is 1. The summed E-state index contributed by atoms with van der Waals surface area (Å²) in [5, 5.41) is 3.16. The van der Waals surface area contributed by atoms with Crippen LogP contribution in [0, 0.1) is 0 Å². The van der Waals surface area contributed by atoms with Gasteiger partial charge in [-0.2, -0.15) is 0 Å². The molecule has 30 heavy (non-hydrogen) atoms. The SMILES string of the molecule is C[C@H](N=C1NS(=O)(=O)c2ccccc21)C(=O)Nc1nc2cc3c(cc2s1)OCCO3. The summed E-state index contributed by atoms with van der Waals surface area (Å²) in [4.78, 5) is 21.5. The number of rotatable bonds is 3. The molecule has 0 fully saturated rings. The lowest BCUT2D eigenvalue weighted by Crippen LogP contribution is -2.28. The molecule has 154 valence electrons. The van der Waals surface area contributed by atoms with E-state index in [2.05, 4.69) is 20.0 Å². The number of carbonyl (C=O) groups is 1. The van der Waals surface area contributed by atoms with Crippen LogP contribution in [0.25, 0.3) is 10.2 Å². The van der Waals surface area contributed by atoms with Crippen molar-refractivity contribution in [1.82, 2.24) is 9.71 Å². The highest BCUT2D eigenvalue weighted by Gasteiger charge is 2.31. The number of aliphatic imine (C=N–C) groups is 1. The van der Waals surface area contributed by atoms with Crippen LogP contribution in [0.2, 0.25) is 0 Å². The number of amidine groups is 1. The molecular formula is C19H16N4O5S2. The Labute approximate surface area is 175 Å². The molecule has 0 spiro atoms. The molecule has 0 aliphatic carbocycles. The van der Waals surface area contributed by atoms with Crippen LogP contribution < -0.4 is 19.5 Å². The first-order chi connectivity index (χ1) is 14.4. The Morgan fingerprint density at radius 1 is 1.23 bits per heavy atom. The van der Waals surface area contributed by atoms with Crippen LogP contribution >= 0.6 is 11.3 Å². The largest absolute Gasteiger partial charge is 0.486 e. The van der Waals surface area contributed by atoms with E-state index in [9.17, 15) is 13.2 Å². The number of hydrogen-bond donors (Lipinski definition) is 2. The van der Waals surface area contributed by atoms with Gasteiger partial charge in [0.2, 0.25) is 0 Å². The van der Waals surface area contributed by atoms with Crippen molar-refractivity contribution in [3.8, 4) is 11.5 Å². The van der Waals surface area contributed by atoms with Gasteiger partial charge in [-0.3, -0.25) is 14.5 Å². The van der Waals surface area contributed by atoms with Gasteiger partial charge in [-0.15, -0.1) is 0 Å². The molecule has 0 saturated carbocycles. The average molecular weight is 444 g/mol. The molecule has 0 unspecified atom stereocenters. The summed E-state index contributed by atoms with van der Waals surface area (Å²) in [6.45, 7) is 2.56. The van der Waals surface area contributed by atoms with Crippen molar-refractivity contribution >= 4 is 48.5 Å². The second-order valence-electron chi connectivity index (χ2n) is 6.73. The van der Waals surface area contributed by atoms with Crippen LogP contribution in [0.5, 0.6) is 11.5 Å². The van der Waals surface area contributed by atoms with E-state index in [1.54, 1.807) is 31.2 Å². The van der Waals surface area contributed by atoms with E-state index in [0.717, 1.165) is 4.70 Å². The molecule has 0 bridgehead atoms. The second kappa shape index (κ2) is 6.96. The smallest absolute Gasteiger partial charge is 0.263 e. The maximum atomic E-state index is 12.6. The number of ether oxygens (including phenoxy) is 2. The molecule has 3 aromatic rings. The summed E-state index contributed by atoms with van der Waals surface area (Å²) >= 11 is 1.31. The lowest BCUT2D eigenvalue weighted by molar-refractivity contribution is -0.117. The number of carbonyl (C=O) groups excluding carboxylic acids is 1. The lowest BCUT2D eigenvalue weighted by atomic mass is 10.2. The molecule has 0 saturated heterocycles. The van der Waals surface area contributed by atoms with Gasteiger partial charge in [0.15, 0.2) is 16.6 Å². The third kappa shape index (κ3) is 3.25. The summed E-state index contributed by atoms with van der Waals surface area (Å²) in [5.41, 5.74) is 1.14. The van der Waals surface area contributed by atoms with E-state index in [4.69, 9.17) is 9.47 Å². The standard InChI is InChI=1S/C19H16N4O5S2/c1-10(20-17-11-4-2-3-5-16(11)30(25,26)23-17)18(24)22-19-21-12-8-13-14(9-15(12)29-19)28-7-6-27-13/h2-5,8-10H,6-7H2,1H3,(H,20,23)(H,21,22,24)/t10-/m0/s1. The number of nitrogens with zero attached hydrogens (tertiary/aromatic N) is 2. The molecule has 3 heterocycles. The Morgan fingerprint density at radius 2 is 1.97 bits per heavy atom. The maximum absolute atomic E-state index is 12.6. The minimum atomic E-state index is -3.66. The quantitative estimate of drug-likeness (QED) is 0.639. The van der Waals surface area contributed by atoms with Crippen molar-refractivity contribution in [2.45, 2.75) is 17.9 Å². The average Bonchev–Trinajstić information content (AvgIpc) is 3.23. The van der Waals surface area contributed by atoms with Crippen LogP contribution in [0.3, 0.4) is 0 Å². The van der Waals surface area contributed by atoms with Gasteiger partial charge in [0.25, 0.3) is 15.9 Å². The van der Waals surface area contributed by atoms with Crippen molar-refractivity contribution in [2.75, 3.05) is 18.5 Å². The van der Waals surface area contributed by atoms with Crippen LogP contribution in [-0.4, -0.2) is 44.4 Å². The number of benzene rings is 2. The van der Waals surface area contributed by atoms with Gasteiger partial charge in [-0.25, -0.2) is 13.4 Å². The van der Waals surface area contributed by atoms with E-state index in [1.807, 2.05) is 6.07 Å². The van der Waals surface area contributed by atoms with Gasteiger partial charge in [-0.1, -0.05) is 23.5 Å². The highest BCUT2D eigenvalue weighted by Crippen LogP contribution is 2.37. The van der Waals surface area contributed by atoms with E-state index >= 15 is 0 Å². The first-order valence-corrected chi connectivity index (χ1v) is 11.4. The number of aromatic nitrogens is 1. The van der Waals surface area contributed by atoms with Crippen molar-refractivity contribution in [2.24, 2.45) is 4.99 Å². The summed E-state index contributed by atoms with van der Waals surface area (Å²) in [7, 11) is -3.66. The van der Waals surface area contributed by atoms with E-state index in [0.29, 0.717) is 40.9 Å². The zero-order chi connectivity index (χ0) is 20.9. The molecule has 2 aliphatic heterocycles.